The Labute approximate surface area is 251 Å². The van der Waals surface area contributed by atoms with Crippen LogP contribution >= 0.6 is 10.6 Å². The maximum atomic E-state index is 15.3. The number of halogens is 2. The third kappa shape index (κ3) is 6.27. The molecular formula is C32H35F2N5O3S. The van der Waals surface area contributed by atoms with Crippen molar-refractivity contribution in [3.05, 3.63) is 83.1 Å². The lowest BCUT2D eigenvalue weighted by molar-refractivity contribution is 0.0663. The molecule has 2 saturated heterocycles. The van der Waals surface area contributed by atoms with Gasteiger partial charge in [0.05, 0.1) is 34.4 Å². The number of amides is 1. The van der Waals surface area contributed by atoms with Crippen molar-refractivity contribution in [2.45, 2.75) is 13.5 Å². The van der Waals surface area contributed by atoms with Crippen LogP contribution in [0.15, 0.2) is 54.7 Å². The molecule has 0 aliphatic carbocycles. The number of hydrogen-bond donors (Lipinski definition) is 2. The molecule has 3 aromatic carbocycles. The molecule has 2 aliphatic rings. The molecule has 4 aromatic rings. The Hall–Kier alpha value is -3.48. The largest absolute Gasteiger partial charge is 0.336 e. The smallest absolute Gasteiger partial charge is 0.254 e. The molecule has 0 atom stereocenters. The summed E-state index contributed by atoms with van der Waals surface area (Å²) in [6, 6.07) is 13.6. The SMILES string of the molecule is Cc1cc(-c2cnc3cccc(-c4cc(F)c(CN5CCS(O)(O)CC5)c(F)c4)c3n2)ccc1C(=O)N1CCN(C)CC1. The third-order valence-corrected chi connectivity index (χ3v) is 10.1. The second-order valence-corrected chi connectivity index (χ2v) is 13.9. The molecular weight excluding hydrogens is 572 g/mol. The number of benzene rings is 3. The van der Waals surface area contributed by atoms with E-state index in [0.717, 1.165) is 24.2 Å². The summed E-state index contributed by atoms with van der Waals surface area (Å²) in [4.78, 5) is 28.5. The summed E-state index contributed by atoms with van der Waals surface area (Å²) >= 11 is 0. The highest BCUT2D eigenvalue weighted by Gasteiger charge is 2.25. The van der Waals surface area contributed by atoms with Gasteiger partial charge in [-0.3, -0.25) is 23.8 Å². The van der Waals surface area contributed by atoms with Crippen LogP contribution in [0.2, 0.25) is 0 Å². The van der Waals surface area contributed by atoms with Gasteiger partial charge in [-0.1, -0.05) is 18.2 Å². The number of carbonyl (C=O) groups excluding carboxylic acids is 1. The average molecular weight is 608 g/mol. The van der Waals surface area contributed by atoms with E-state index in [-0.39, 0.29) is 29.5 Å². The fourth-order valence-corrected chi connectivity index (χ4v) is 7.01. The summed E-state index contributed by atoms with van der Waals surface area (Å²) in [6.45, 7) is 5.81. The first-order valence-corrected chi connectivity index (χ1v) is 16.3. The Bertz CT molecular complexity index is 1660. The number of fused-ring (bicyclic) bond motifs is 1. The molecule has 1 amide bonds. The van der Waals surface area contributed by atoms with E-state index in [1.165, 1.54) is 12.1 Å². The van der Waals surface area contributed by atoms with Gasteiger partial charge >= 0.3 is 0 Å². The van der Waals surface area contributed by atoms with Crippen molar-refractivity contribution in [3.63, 3.8) is 0 Å². The van der Waals surface area contributed by atoms with E-state index in [1.54, 1.807) is 24.4 Å². The van der Waals surface area contributed by atoms with Crippen LogP contribution in [0, 0.1) is 18.6 Å². The number of piperazine rings is 1. The predicted octanol–water partition coefficient (Wildman–Crippen LogP) is 5.50. The number of aromatic nitrogens is 2. The summed E-state index contributed by atoms with van der Waals surface area (Å²) in [5.74, 6) is -0.887. The minimum Gasteiger partial charge on any atom is -0.336 e. The molecule has 2 N–H and O–H groups in total. The molecule has 1 aromatic heterocycles. The molecule has 8 nitrogen and oxygen atoms in total. The van der Waals surface area contributed by atoms with Gasteiger partial charge in [-0.15, -0.1) is 0 Å². The van der Waals surface area contributed by atoms with Crippen LogP contribution in [0.4, 0.5) is 8.78 Å². The van der Waals surface area contributed by atoms with E-state index >= 15 is 8.78 Å². The zero-order valence-corrected chi connectivity index (χ0v) is 25.1. The molecule has 226 valence electrons. The summed E-state index contributed by atoms with van der Waals surface area (Å²) in [6.07, 6.45) is 1.67. The van der Waals surface area contributed by atoms with Crippen molar-refractivity contribution in [1.29, 1.82) is 0 Å². The van der Waals surface area contributed by atoms with Crippen molar-refractivity contribution >= 4 is 27.5 Å². The maximum Gasteiger partial charge on any atom is 0.254 e. The Morgan fingerprint density at radius 3 is 2.30 bits per heavy atom. The summed E-state index contributed by atoms with van der Waals surface area (Å²) in [7, 11) is -0.538. The third-order valence-electron chi connectivity index (χ3n) is 8.42. The van der Waals surface area contributed by atoms with Gasteiger partial charge in [-0.2, -0.15) is 10.6 Å². The van der Waals surface area contributed by atoms with Crippen LogP contribution in [-0.4, -0.2) is 97.5 Å². The Balaban J connectivity index is 1.28. The Morgan fingerprint density at radius 2 is 1.63 bits per heavy atom. The van der Waals surface area contributed by atoms with Crippen molar-refractivity contribution in [1.82, 2.24) is 24.7 Å². The number of likely N-dealkylation sites (N-methyl/N-ethyl adjacent to an activating group) is 1. The van der Waals surface area contributed by atoms with Gasteiger partial charge in [0.15, 0.2) is 0 Å². The molecule has 43 heavy (non-hydrogen) atoms. The summed E-state index contributed by atoms with van der Waals surface area (Å²) in [5, 5.41) is 0. The lowest BCUT2D eigenvalue weighted by Crippen LogP contribution is -2.47. The number of nitrogens with zero attached hydrogens (tertiary/aromatic N) is 5. The first-order valence-electron chi connectivity index (χ1n) is 14.4. The molecule has 11 heteroatoms. The highest BCUT2D eigenvalue weighted by molar-refractivity contribution is 8.24. The fourth-order valence-electron chi connectivity index (χ4n) is 5.70. The van der Waals surface area contributed by atoms with Gasteiger partial charge in [-0.25, -0.2) is 13.8 Å². The maximum absolute atomic E-state index is 15.3. The van der Waals surface area contributed by atoms with Gasteiger partial charge in [0.2, 0.25) is 0 Å². The quantitative estimate of drug-likeness (QED) is 0.309. The minimum atomic E-state index is -2.59. The van der Waals surface area contributed by atoms with Gasteiger partial charge < -0.3 is 9.80 Å². The van der Waals surface area contributed by atoms with Crippen LogP contribution in [0.1, 0.15) is 21.5 Å². The first-order chi connectivity index (χ1) is 20.6. The van der Waals surface area contributed by atoms with E-state index in [4.69, 9.17) is 4.98 Å². The molecule has 2 aliphatic heterocycles. The summed E-state index contributed by atoms with van der Waals surface area (Å²) in [5.41, 5.74) is 4.87. The number of para-hydroxylation sites is 1. The van der Waals surface area contributed by atoms with Crippen molar-refractivity contribution in [2.75, 3.05) is 57.8 Å². The van der Waals surface area contributed by atoms with Gasteiger partial charge in [0.1, 0.15) is 11.6 Å². The zero-order valence-electron chi connectivity index (χ0n) is 24.3. The minimum absolute atomic E-state index is 0.0211. The lowest BCUT2D eigenvalue weighted by atomic mass is 10.00. The van der Waals surface area contributed by atoms with Crippen LogP contribution < -0.4 is 0 Å². The zero-order chi connectivity index (χ0) is 30.3. The number of aryl methyl sites for hydroxylation is 1. The van der Waals surface area contributed by atoms with Crippen LogP contribution in [0.25, 0.3) is 33.4 Å². The molecule has 3 heterocycles. The molecule has 0 spiro atoms. The van der Waals surface area contributed by atoms with E-state index in [0.29, 0.717) is 59.6 Å². The average Bonchev–Trinajstić information content (AvgIpc) is 2.99. The van der Waals surface area contributed by atoms with Crippen LogP contribution in [-0.2, 0) is 6.54 Å². The molecule has 0 bridgehead atoms. The van der Waals surface area contributed by atoms with Crippen molar-refractivity contribution in [3.8, 4) is 22.4 Å². The normalized spacial score (nSPS) is 18.6. The molecule has 2 fully saturated rings. The second kappa shape index (κ2) is 11.9. The van der Waals surface area contributed by atoms with Gasteiger partial charge in [-0.05, 0) is 55.4 Å². The lowest BCUT2D eigenvalue weighted by Gasteiger charge is -2.41. The van der Waals surface area contributed by atoms with Gasteiger partial charge in [0, 0.05) is 68.1 Å². The van der Waals surface area contributed by atoms with E-state index < -0.39 is 22.2 Å². The first kappa shape index (κ1) is 29.6. The summed E-state index contributed by atoms with van der Waals surface area (Å²) < 4.78 is 50.3. The highest BCUT2D eigenvalue weighted by atomic mass is 32.3. The van der Waals surface area contributed by atoms with E-state index in [9.17, 15) is 13.9 Å². The van der Waals surface area contributed by atoms with Gasteiger partial charge in [0.25, 0.3) is 5.91 Å². The molecule has 0 saturated carbocycles. The highest BCUT2D eigenvalue weighted by Crippen LogP contribution is 2.41. The van der Waals surface area contributed by atoms with Crippen molar-refractivity contribution < 1.29 is 22.7 Å². The molecule has 0 radical (unpaired) electrons. The Morgan fingerprint density at radius 1 is 0.930 bits per heavy atom. The Kier molecular flexibility index (Phi) is 8.18. The molecule has 0 unspecified atom stereocenters. The standard InChI is InChI=1S/C32H35F2N5O3S/c1-21-16-22(6-7-24(21)32(40)39-10-8-37(2)9-11-39)30-19-35-29-5-3-4-25(31(29)36-30)23-17-27(33)26(28(34)18-23)20-38-12-14-43(41,42)15-13-38/h3-7,16-19,41-42H,8-15,20H2,1-2H3. The number of rotatable bonds is 5. The fraction of sp³-hybridized carbons (Fsp3) is 0.344. The monoisotopic (exact) mass is 607 g/mol. The topological polar surface area (TPSA) is 93.0 Å². The number of carbonyl (C=O) groups is 1. The van der Waals surface area contributed by atoms with E-state index in [1.807, 2.05) is 34.9 Å². The second-order valence-electron chi connectivity index (χ2n) is 11.5. The number of hydrogen-bond acceptors (Lipinski definition) is 7. The predicted molar refractivity (Wildman–Crippen MR) is 166 cm³/mol. The molecule has 6 rings (SSSR count). The van der Waals surface area contributed by atoms with Crippen molar-refractivity contribution in [2.24, 2.45) is 0 Å². The van der Waals surface area contributed by atoms with E-state index in [2.05, 4.69) is 16.9 Å². The van der Waals surface area contributed by atoms with Crippen LogP contribution in [0.5, 0.6) is 0 Å². The van der Waals surface area contributed by atoms with Crippen LogP contribution in [0.3, 0.4) is 0 Å².